The maximum absolute atomic E-state index is 3.37. The molecule has 0 radical (unpaired) electrons. The largest absolute Gasteiger partial charge is 0.316 e. The Morgan fingerprint density at radius 3 is 3.00 bits per heavy atom. The summed E-state index contributed by atoms with van der Waals surface area (Å²) in [6, 6.07) is 0. The van der Waals surface area contributed by atoms with Crippen LogP contribution in [0.4, 0.5) is 0 Å². The first-order valence-corrected chi connectivity index (χ1v) is 3.77. The molecule has 0 aromatic heterocycles. The van der Waals surface area contributed by atoms with Gasteiger partial charge in [-0.25, -0.2) is 0 Å². The zero-order valence-corrected chi connectivity index (χ0v) is 6.06. The van der Waals surface area contributed by atoms with Gasteiger partial charge in [-0.15, -0.1) is 0 Å². The van der Waals surface area contributed by atoms with Crippen LogP contribution in [0.1, 0.15) is 19.8 Å². The average molecular weight is 125 g/mol. The topological polar surface area (TPSA) is 12.0 Å². The van der Waals surface area contributed by atoms with Gasteiger partial charge < -0.3 is 5.32 Å². The van der Waals surface area contributed by atoms with Crippen LogP contribution >= 0.6 is 0 Å². The van der Waals surface area contributed by atoms with Gasteiger partial charge in [0.15, 0.2) is 0 Å². The number of hydrogen-bond donors (Lipinski definition) is 1. The molecule has 0 amide bonds. The summed E-state index contributed by atoms with van der Waals surface area (Å²) in [6.07, 6.45) is 7.16. The second-order valence-corrected chi connectivity index (χ2v) is 2.63. The molecule has 9 heavy (non-hydrogen) atoms. The van der Waals surface area contributed by atoms with E-state index >= 15 is 0 Å². The predicted octanol–water partition coefficient (Wildman–Crippen LogP) is 1.56. The molecule has 0 bridgehead atoms. The smallest absolute Gasteiger partial charge is 0.00142 e. The molecule has 0 aromatic carbocycles. The van der Waals surface area contributed by atoms with Crippen LogP contribution < -0.4 is 5.32 Å². The molecule has 1 atom stereocenters. The lowest BCUT2D eigenvalue weighted by Gasteiger charge is -2.18. The highest BCUT2D eigenvalue weighted by Gasteiger charge is 2.07. The lowest BCUT2D eigenvalue weighted by molar-refractivity contribution is 0.438. The van der Waals surface area contributed by atoms with Crippen molar-refractivity contribution in [3.8, 4) is 0 Å². The Labute approximate surface area is 57.1 Å². The molecule has 52 valence electrons. The van der Waals surface area contributed by atoms with Crippen molar-refractivity contribution >= 4 is 0 Å². The summed E-state index contributed by atoms with van der Waals surface area (Å²) < 4.78 is 0. The van der Waals surface area contributed by atoms with Gasteiger partial charge in [-0.2, -0.15) is 0 Å². The normalized spacial score (nSPS) is 29.2. The van der Waals surface area contributed by atoms with Gasteiger partial charge in [0.1, 0.15) is 0 Å². The zero-order chi connectivity index (χ0) is 6.53. The lowest BCUT2D eigenvalue weighted by Crippen LogP contribution is -2.28. The number of hydrogen-bond acceptors (Lipinski definition) is 1. The Bertz CT molecular complexity index is 90.7. The van der Waals surface area contributed by atoms with Crippen molar-refractivity contribution < 1.29 is 0 Å². The minimum absolute atomic E-state index is 0.809. The molecule has 1 heteroatoms. The summed E-state index contributed by atoms with van der Waals surface area (Å²) >= 11 is 0. The van der Waals surface area contributed by atoms with E-state index in [0.29, 0.717) is 0 Å². The molecule has 1 aliphatic heterocycles. The molecule has 1 rings (SSSR count). The molecule has 1 aliphatic rings. The molecular formula is C8H15N. The van der Waals surface area contributed by atoms with Crippen LogP contribution in [0, 0.1) is 5.92 Å². The molecule has 0 aromatic rings. The first kappa shape index (κ1) is 6.81. The molecule has 1 nitrogen and oxygen atoms in total. The number of rotatable bonds is 1. The van der Waals surface area contributed by atoms with Crippen molar-refractivity contribution in [2.75, 3.05) is 13.1 Å². The molecule has 0 aliphatic carbocycles. The minimum atomic E-state index is 0.809. The summed E-state index contributed by atoms with van der Waals surface area (Å²) in [7, 11) is 0. The average Bonchev–Trinajstić information content (AvgIpc) is 1.91. The van der Waals surface area contributed by atoms with Gasteiger partial charge in [0.05, 0.1) is 0 Å². The van der Waals surface area contributed by atoms with Crippen molar-refractivity contribution in [3.05, 3.63) is 12.2 Å². The zero-order valence-electron chi connectivity index (χ0n) is 6.06. The van der Waals surface area contributed by atoms with E-state index in [1.165, 1.54) is 25.9 Å². The predicted molar refractivity (Wildman–Crippen MR) is 40.4 cm³/mol. The van der Waals surface area contributed by atoms with Crippen molar-refractivity contribution in [1.82, 2.24) is 5.32 Å². The highest BCUT2D eigenvalue weighted by Crippen LogP contribution is 2.10. The second-order valence-electron chi connectivity index (χ2n) is 2.63. The number of nitrogens with one attached hydrogen (secondary N) is 1. The van der Waals surface area contributed by atoms with Crippen molar-refractivity contribution in [1.29, 1.82) is 0 Å². The van der Waals surface area contributed by atoms with Gasteiger partial charge in [0.25, 0.3) is 0 Å². The standard InChI is InChI=1S/C8H15N/c1-2-4-8-5-3-6-9-7-8/h2,4,8-9H,3,5-7H2,1H3/b4-2+/t8-/m1/s1. The van der Waals surface area contributed by atoms with Crippen LogP contribution in [-0.2, 0) is 0 Å². The number of piperidine rings is 1. The number of allylic oxidation sites excluding steroid dienone is 1. The van der Waals surface area contributed by atoms with Gasteiger partial charge in [0, 0.05) is 6.54 Å². The molecule has 1 fully saturated rings. The molecule has 1 heterocycles. The third-order valence-electron chi connectivity index (χ3n) is 1.80. The molecule has 0 spiro atoms. The Balaban J connectivity index is 2.23. The highest BCUT2D eigenvalue weighted by atomic mass is 14.9. The van der Waals surface area contributed by atoms with E-state index in [9.17, 15) is 0 Å². The minimum Gasteiger partial charge on any atom is -0.316 e. The van der Waals surface area contributed by atoms with E-state index < -0.39 is 0 Å². The van der Waals surface area contributed by atoms with Crippen molar-refractivity contribution in [2.24, 2.45) is 5.92 Å². The van der Waals surface area contributed by atoms with E-state index in [1.54, 1.807) is 0 Å². The van der Waals surface area contributed by atoms with Gasteiger partial charge >= 0.3 is 0 Å². The first-order valence-electron chi connectivity index (χ1n) is 3.77. The van der Waals surface area contributed by atoms with Crippen LogP contribution in [0.5, 0.6) is 0 Å². The van der Waals surface area contributed by atoms with Gasteiger partial charge in [0.2, 0.25) is 0 Å². The third-order valence-corrected chi connectivity index (χ3v) is 1.80. The SMILES string of the molecule is C/C=C/[C@@H]1CCCNC1. The van der Waals surface area contributed by atoms with Crippen LogP contribution in [0.15, 0.2) is 12.2 Å². The van der Waals surface area contributed by atoms with E-state index in [4.69, 9.17) is 0 Å². The van der Waals surface area contributed by atoms with Gasteiger partial charge in [-0.3, -0.25) is 0 Å². The summed E-state index contributed by atoms with van der Waals surface area (Å²) in [5.74, 6) is 0.809. The fourth-order valence-corrected chi connectivity index (χ4v) is 1.32. The lowest BCUT2D eigenvalue weighted by atomic mass is 9.99. The summed E-state index contributed by atoms with van der Waals surface area (Å²) in [6.45, 7) is 4.49. The molecule has 0 unspecified atom stereocenters. The second kappa shape index (κ2) is 3.67. The fourth-order valence-electron chi connectivity index (χ4n) is 1.32. The van der Waals surface area contributed by atoms with E-state index in [2.05, 4.69) is 24.4 Å². The summed E-state index contributed by atoms with van der Waals surface area (Å²) in [5, 5.41) is 3.37. The van der Waals surface area contributed by atoms with Crippen LogP contribution in [0.3, 0.4) is 0 Å². The van der Waals surface area contributed by atoms with E-state index in [-0.39, 0.29) is 0 Å². The van der Waals surface area contributed by atoms with Gasteiger partial charge in [-0.1, -0.05) is 12.2 Å². The Morgan fingerprint density at radius 1 is 1.56 bits per heavy atom. The highest BCUT2D eigenvalue weighted by molar-refractivity contribution is 4.88. The molecule has 0 saturated carbocycles. The monoisotopic (exact) mass is 125 g/mol. The summed E-state index contributed by atoms with van der Waals surface area (Å²) in [5.41, 5.74) is 0. The van der Waals surface area contributed by atoms with Gasteiger partial charge in [-0.05, 0) is 32.2 Å². The molecule has 1 saturated heterocycles. The van der Waals surface area contributed by atoms with Crippen LogP contribution in [-0.4, -0.2) is 13.1 Å². The van der Waals surface area contributed by atoms with E-state index in [1.807, 2.05) is 0 Å². The van der Waals surface area contributed by atoms with Crippen LogP contribution in [0.2, 0.25) is 0 Å². The fraction of sp³-hybridized carbons (Fsp3) is 0.750. The Kier molecular flexibility index (Phi) is 2.78. The van der Waals surface area contributed by atoms with Crippen molar-refractivity contribution in [2.45, 2.75) is 19.8 Å². The maximum Gasteiger partial charge on any atom is 0.00142 e. The van der Waals surface area contributed by atoms with Crippen LogP contribution in [0.25, 0.3) is 0 Å². The Morgan fingerprint density at radius 2 is 2.44 bits per heavy atom. The first-order chi connectivity index (χ1) is 4.43. The van der Waals surface area contributed by atoms with Crippen molar-refractivity contribution in [3.63, 3.8) is 0 Å². The quantitative estimate of drug-likeness (QED) is 0.524. The molecule has 1 N–H and O–H groups in total. The maximum atomic E-state index is 3.37. The summed E-state index contributed by atoms with van der Waals surface area (Å²) in [4.78, 5) is 0. The third kappa shape index (κ3) is 2.19. The Hall–Kier alpha value is -0.300. The molecular weight excluding hydrogens is 110 g/mol. The van der Waals surface area contributed by atoms with E-state index in [0.717, 1.165) is 5.92 Å².